The number of urea groups is 1. The SMILES string of the molecule is CN(C)C(=O)N1CCn2nc(CNC(=O)C(=O)Nc3ccccc3)cc2C1. The molecule has 4 amide bonds. The first-order valence-corrected chi connectivity index (χ1v) is 8.60. The summed E-state index contributed by atoms with van der Waals surface area (Å²) < 4.78 is 1.82. The van der Waals surface area contributed by atoms with Gasteiger partial charge in [0, 0.05) is 26.3 Å². The monoisotopic (exact) mass is 370 g/mol. The van der Waals surface area contributed by atoms with E-state index < -0.39 is 11.8 Å². The van der Waals surface area contributed by atoms with Crippen molar-refractivity contribution in [3.05, 3.63) is 47.8 Å². The Kier molecular flexibility index (Phi) is 5.39. The number of anilines is 1. The predicted molar refractivity (Wildman–Crippen MR) is 98.6 cm³/mol. The van der Waals surface area contributed by atoms with Gasteiger partial charge in [-0.2, -0.15) is 5.10 Å². The third-order valence-corrected chi connectivity index (χ3v) is 4.17. The quantitative estimate of drug-likeness (QED) is 0.774. The van der Waals surface area contributed by atoms with Crippen LogP contribution in [0.3, 0.4) is 0 Å². The van der Waals surface area contributed by atoms with Crippen molar-refractivity contribution >= 4 is 23.5 Å². The topological polar surface area (TPSA) is 99.6 Å². The molecule has 0 radical (unpaired) electrons. The van der Waals surface area contributed by atoms with E-state index in [4.69, 9.17) is 0 Å². The number of rotatable bonds is 3. The summed E-state index contributed by atoms with van der Waals surface area (Å²) in [6.07, 6.45) is 0. The predicted octanol–water partition coefficient (Wildman–Crippen LogP) is 0.635. The second-order valence-corrected chi connectivity index (χ2v) is 6.45. The minimum absolute atomic E-state index is 0.0464. The molecule has 0 aliphatic carbocycles. The number of hydrogen-bond acceptors (Lipinski definition) is 4. The first kappa shape index (κ1) is 18.4. The van der Waals surface area contributed by atoms with Crippen molar-refractivity contribution in [3.63, 3.8) is 0 Å². The van der Waals surface area contributed by atoms with E-state index in [2.05, 4.69) is 15.7 Å². The van der Waals surface area contributed by atoms with Crippen LogP contribution < -0.4 is 10.6 Å². The fourth-order valence-corrected chi connectivity index (χ4v) is 2.82. The van der Waals surface area contributed by atoms with Gasteiger partial charge in [-0.3, -0.25) is 14.3 Å². The number of nitrogens with zero attached hydrogens (tertiary/aromatic N) is 4. The summed E-state index contributed by atoms with van der Waals surface area (Å²) in [5.74, 6) is -1.46. The molecule has 2 N–H and O–H groups in total. The highest BCUT2D eigenvalue weighted by atomic mass is 16.2. The summed E-state index contributed by atoms with van der Waals surface area (Å²) >= 11 is 0. The van der Waals surface area contributed by atoms with E-state index in [0.717, 1.165) is 5.69 Å². The lowest BCUT2D eigenvalue weighted by molar-refractivity contribution is -0.136. The zero-order chi connectivity index (χ0) is 19.4. The minimum Gasteiger partial charge on any atom is -0.342 e. The first-order chi connectivity index (χ1) is 12.9. The Morgan fingerprint density at radius 2 is 1.85 bits per heavy atom. The maximum absolute atomic E-state index is 12.1. The van der Waals surface area contributed by atoms with Gasteiger partial charge in [0.05, 0.1) is 31.0 Å². The molecular weight excluding hydrogens is 348 g/mol. The molecule has 0 fully saturated rings. The number of aromatic nitrogens is 2. The van der Waals surface area contributed by atoms with Crippen LogP contribution in [-0.4, -0.2) is 58.1 Å². The molecule has 2 aromatic rings. The summed E-state index contributed by atoms with van der Waals surface area (Å²) in [4.78, 5) is 39.2. The van der Waals surface area contributed by atoms with Crippen LogP contribution in [0.25, 0.3) is 0 Å². The Morgan fingerprint density at radius 1 is 1.11 bits per heavy atom. The fourth-order valence-electron chi connectivity index (χ4n) is 2.82. The molecule has 0 saturated carbocycles. The average Bonchev–Trinajstić information content (AvgIpc) is 3.08. The minimum atomic E-state index is -0.729. The van der Waals surface area contributed by atoms with Crippen LogP contribution in [0.2, 0.25) is 0 Å². The molecule has 1 aromatic heterocycles. The normalized spacial score (nSPS) is 12.9. The molecule has 9 nitrogen and oxygen atoms in total. The molecule has 1 aromatic carbocycles. The summed E-state index contributed by atoms with van der Waals surface area (Å²) in [7, 11) is 3.44. The molecular formula is C18H22N6O3. The van der Waals surface area contributed by atoms with Crippen LogP contribution in [0, 0.1) is 0 Å². The number of carbonyl (C=O) groups excluding carboxylic acids is 3. The summed E-state index contributed by atoms with van der Waals surface area (Å²) in [5, 5.41) is 9.52. The van der Waals surface area contributed by atoms with Crippen LogP contribution in [0.4, 0.5) is 10.5 Å². The van der Waals surface area contributed by atoms with E-state index in [-0.39, 0.29) is 12.6 Å². The van der Waals surface area contributed by atoms with Crippen LogP contribution in [0.5, 0.6) is 0 Å². The third kappa shape index (κ3) is 4.43. The molecule has 0 bridgehead atoms. The lowest BCUT2D eigenvalue weighted by Gasteiger charge is -2.29. The second kappa shape index (κ2) is 7.90. The highest BCUT2D eigenvalue weighted by Gasteiger charge is 2.23. The van der Waals surface area contributed by atoms with E-state index in [1.54, 1.807) is 48.2 Å². The van der Waals surface area contributed by atoms with Crippen LogP contribution in [-0.2, 0) is 29.2 Å². The Balaban J connectivity index is 1.54. The van der Waals surface area contributed by atoms with E-state index in [0.29, 0.717) is 31.0 Å². The smallest absolute Gasteiger partial charge is 0.319 e. The van der Waals surface area contributed by atoms with Gasteiger partial charge in [-0.25, -0.2) is 4.79 Å². The maximum Gasteiger partial charge on any atom is 0.319 e. The zero-order valence-electron chi connectivity index (χ0n) is 15.3. The van der Waals surface area contributed by atoms with Gasteiger partial charge in [-0.05, 0) is 18.2 Å². The van der Waals surface area contributed by atoms with Gasteiger partial charge in [0.2, 0.25) is 0 Å². The van der Waals surface area contributed by atoms with Crippen molar-refractivity contribution in [3.8, 4) is 0 Å². The number of nitrogens with one attached hydrogen (secondary N) is 2. The van der Waals surface area contributed by atoms with Gasteiger partial charge >= 0.3 is 17.8 Å². The van der Waals surface area contributed by atoms with E-state index in [1.165, 1.54) is 0 Å². The standard InChI is InChI=1S/C18H22N6O3/c1-22(2)18(27)23-8-9-24-15(12-23)10-14(21-24)11-19-16(25)17(26)20-13-6-4-3-5-7-13/h3-7,10H,8-9,11-12H2,1-2H3,(H,19,25)(H,20,26). The maximum atomic E-state index is 12.1. The number of carbonyl (C=O) groups is 3. The number of fused-ring (bicyclic) bond motifs is 1. The Hall–Kier alpha value is -3.36. The number of amides is 4. The molecule has 2 heterocycles. The van der Waals surface area contributed by atoms with Crippen LogP contribution >= 0.6 is 0 Å². The van der Waals surface area contributed by atoms with E-state index in [9.17, 15) is 14.4 Å². The summed E-state index contributed by atoms with van der Waals surface area (Å²) in [5.41, 5.74) is 2.10. The summed E-state index contributed by atoms with van der Waals surface area (Å²) in [6, 6.07) is 10.6. The van der Waals surface area contributed by atoms with E-state index >= 15 is 0 Å². The number of para-hydroxylation sites is 1. The van der Waals surface area contributed by atoms with Gasteiger partial charge in [0.25, 0.3) is 0 Å². The van der Waals surface area contributed by atoms with Gasteiger partial charge in [-0.15, -0.1) is 0 Å². The lowest BCUT2D eigenvalue weighted by Crippen LogP contribution is -2.43. The highest BCUT2D eigenvalue weighted by Crippen LogP contribution is 2.14. The van der Waals surface area contributed by atoms with Crippen molar-refractivity contribution in [2.75, 3.05) is 26.0 Å². The summed E-state index contributed by atoms with van der Waals surface area (Å²) in [6.45, 7) is 1.78. The van der Waals surface area contributed by atoms with Gasteiger partial charge < -0.3 is 20.4 Å². The second-order valence-electron chi connectivity index (χ2n) is 6.45. The molecule has 27 heavy (non-hydrogen) atoms. The van der Waals surface area contributed by atoms with Crippen molar-refractivity contribution in [2.24, 2.45) is 0 Å². The lowest BCUT2D eigenvalue weighted by atomic mass is 10.3. The largest absolute Gasteiger partial charge is 0.342 e. The number of hydrogen-bond donors (Lipinski definition) is 2. The zero-order valence-corrected chi connectivity index (χ0v) is 15.3. The number of benzene rings is 1. The Morgan fingerprint density at radius 3 is 2.56 bits per heavy atom. The van der Waals surface area contributed by atoms with Crippen molar-refractivity contribution < 1.29 is 14.4 Å². The van der Waals surface area contributed by atoms with Crippen LogP contribution in [0.15, 0.2) is 36.4 Å². The van der Waals surface area contributed by atoms with Gasteiger partial charge in [0.15, 0.2) is 0 Å². The highest BCUT2D eigenvalue weighted by molar-refractivity contribution is 6.39. The molecule has 3 rings (SSSR count). The molecule has 1 aliphatic rings. The van der Waals surface area contributed by atoms with Crippen molar-refractivity contribution in [1.29, 1.82) is 0 Å². The molecule has 0 atom stereocenters. The van der Waals surface area contributed by atoms with E-state index in [1.807, 2.05) is 16.8 Å². The fraction of sp³-hybridized carbons (Fsp3) is 0.333. The van der Waals surface area contributed by atoms with Crippen molar-refractivity contribution in [1.82, 2.24) is 24.9 Å². The third-order valence-electron chi connectivity index (χ3n) is 4.17. The molecule has 142 valence electrons. The van der Waals surface area contributed by atoms with Gasteiger partial charge in [-0.1, -0.05) is 18.2 Å². The average molecular weight is 370 g/mol. The molecule has 0 saturated heterocycles. The molecule has 1 aliphatic heterocycles. The molecule has 0 spiro atoms. The van der Waals surface area contributed by atoms with Crippen LogP contribution in [0.1, 0.15) is 11.4 Å². The van der Waals surface area contributed by atoms with Gasteiger partial charge in [0.1, 0.15) is 0 Å². The molecule has 0 unspecified atom stereocenters. The Bertz CT molecular complexity index is 846. The first-order valence-electron chi connectivity index (χ1n) is 8.60. The Labute approximate surface area is 156 Å². The molecule has 9 heteroatoms. The van der Waals surface area contributed by atoms with Crippen molar-refractivity contribution in [2.45, 2.75) is 19.6 Å².